The second-order valence-electron chi connectivity index (χ2n) is 13.6. The van der Waals surface area contributed by atoms with Gasteiger partial charge in [0.15, 0.2) is 0 Å². The van der Waals surface area contributed by atoms with E-state index in [-0.39, 0.29) is 0 Å². The average molecular weight is 666 g/mol. The van der Waals surface area contributed by atoms with Crippen molar-refractivity contribution < 1.29 is 0 Å². The fourth-order valence-electron chi connectivity index (χ4n) is 7.92. The maximum Gasteiger partial charge on any atom is 0.0701 e. The number of hydrogen-bond donors (Lipinski definition) is 0. The van der Waals surface area contributed by atoms with Crippen molar-refractivity contribution in [3.63, 3.8) is 0 Å². The molecule has 3 heterocycles. The summed E-state index contributed by atoms with van der Waals surface area (Å²) in [6.45, 7) is 0. The minimum absolute atomic E-state index is 0.989. The van der Waals surface area contributed by atoms with Gasteiger partial charge in [-0.2, -0.15) is 0 Å². The van der Waals surface area contributed by atoms with Crippen LogP contribution >= 0.6 is 0 Å². The minimum atomic E-state index is 0.989. The summed E-state index contributed by atoms with van der Waals surface area (Å²) >= 11 is 0. The molecule has 0 bridgehead atoms. The highest BCUT2D eigenvalue weighted by molar-refractivity contribution is 6.10. The van der Waals surface area contributed by atoms with Crippen LogP contribution in [0.15, 0.2) is 188 Å². The van der Waals surface area contributed by atoms with Gasteiger partial charge in [0.2, 0.25) is 0 Å². The zero-order chi connectivity index (χ0) is 34.4. The van der Waals surface area contributed by atoms with Gasteiger partial charge in [-0.05, 0) is 102 Å². The topological polar surface area (TPSA) is 22.8 Å². The van der Waals surface area contributed by atoms with Crippen LogP contribution in [0.1, 0.15) is 11.1 Å². The number of pyridine rings is 1. The Hall–Kier alpha value is -6.71. The molecule has 7 aromatic carbocycles. The molecule has 246 valence electrons. The molecule has 0 saturated heterocycles. The quantitative estimate of drug-likeness (QED) is 0.166. The van der Waals surface area contributed by atoms with Crippen LogP contribution in [-0.2, 0) is 12.8 Å². The Morgan fingerprint density at radius 1 is 0.346 bits per heavy atom. The minimum Gasteiger partial charge on any atom is -0.309 e. The number of benzene rings is 7. The molecule has 0 aliphatic rings. The van der Waals surface area contributed by atoms with Crippen molar-refractivity contribution in [2.75, 3.05) is 0 Å². The first kappa shape index (κ1) is 30.1. The Morgan fingerprint density at radius 3 is 1.33 bits per heavy atom. The Balaban J connectivity index is 0.929. The van der Waals surface area contributed by atoms with Gasteiger partial charge < -0.3 is 9.13 Å². The smallest absolute Gasteiger partial charge is 0.0701 e. The second-order valence-corrected chi connectivity index (χ2v) is 13.6. The monoisotopic (exact) mass is 665 g/mol. The Kier molecular flexibility index (Phi) is 7.28. The molecule has 3 heteroatoms. The number of hydrogen-bond acceptors (Lipinski definition) is 1. The molecule has 0 aliphatic carbocycles. The van der Waals surface area contributed by atoms with E-state index in [1.165, 1.54) is 71.6 Å². The van der Waals surface area contributed by atoms with Gasteiger partial charge in [0.1, 0.15) is 0 Å². The van der Waals surface area contributed by atoms with Crippen LogP contribution in [0.2, 0.25) is 0 Å². The van der Waals surface area contributed by atoms with Crippen molar-refractivity contribution in [1.82, 2.24) is 14.1 Å². The van der Waals surface area contributed by atoms with Crippen molar-refractivity contribution in [1.29, 1.82) is 0 Å². The lowest BCUT2D eigenvalue weighted by Crippen LogP contribution is -1.95. The van der Waals surface area contributed by atoms with E-state index in [0.717, 1.165) is 29.8 Å². The predicted molar refractivity (Wildman–Crippen MR) is 218 cm³/mol. The zero-order valence-electron chi connectivity index (χ0n) is 28.7. The van der Waals surface area contributed by atoms with E-state index in [2.05, 4.69) is 184 Å². The molecule has 0 N–H and O–H groups in total. The molecule has 0 aliphatic heterocycles. The molecule has 0 amide bonds. The van der Waals surface area contributed by atoms with Crippen LogP contribution in [0.5, 0.6) is 0 Å². The lowest BCUT2D eigenvalue weighted by atomic mass is 10.0. The van der Waals surface area contributed by atoms with E-state index in [1.54, 1.807) is 0 Å². The first-order chi connectivity index (χ1) is 25.8. The summed E-state index contributed by atoms with van der Waals surface area (Å²) in [5, 5.41) is 5.14. The molecule has 0 fully saturated rings. The first-order valence-corrected chi connectivity index (χ1v) is 18.0. The van der Waals surface area contributed by atoms with E-state index < -0.39 is 0 Å². The Morgan fingerprint density at radius 2 is 0.788 bits per heavy atom. The summed E-state index contributed by atoms with van der Waals surface area (Å²) in [6.07, 6.45) is 3.83. The fourth-order valence-corrected chi connectivity index (χ4v) is 7.92. The number of rotatable bonds is 7. The molecule has 0 radical (unpaired) electrons. The van der Waals surface area contributed by atoms with Gasteiger partial charge in [0.25, 0.3) is 0 Å². The average Bonchev–Trinajstić information content (AvgIpc) is 3.73. The molecule has 10 rings (SSSR count). The molecule has 0 spiro atoms. The van der Waals surface area contributed by atoms with Crippen LogP contribution in [0, 0.1) is 0 Å². The number of para-hydroxylation sites is 3. The third-order valence-electron chi connectivity index (χ3n) is 10.5. The summed E-state index contributed by atoms with van der Waals surface area (Å²) in [5.74, 6) is 0. The molecular weight excluding hydrogens is 631 g/mol. The maximum atomic E-state index is 4.49. The van der Waals surface area contributed by atoms with Crippen LogP contribution in [0.4, 0.5) is 0 Å². The van der Waals surface area contributed by atoms with Crippen LogP contribution in [-0.4, -0.2) is 14.1 Å². The third-order valence-corrected chi connectivity index (χ3v) is 10.5. The third kappa shape index (κ3) is 5.18. The van der Waals surface area contributed by atoms with Gasteiger partial charge in [-0.3, -0.25) is 4.98 Å². The van der Waals surface area contributed by atoms with Crippen molar-refractivity contribution >= 4 is 43.6 Å². The molecular formula is C49H35N3. The van der Waals surface area contributed by atoms with Gasteiger partial charge >= 0.3 is 0 Å². The molecule has 0 atom stereocenters. The normalized spacial score (nSPS) is 11.6. The predicted octanol–water partition coefficient (Wildman–Crippen LogP) is 12.4. The molecule has 0 unspecified atom stereocenters. The van der Waals surface area contributed by atoms with Gasteiger partial charge in [0.05, 0.1) is 27.8 Å². The SMILES string of the molecule is c1ccc(-c2ccc(CCc3ccc4c(c3)c3ccccc3n4-c3ccc(-c4ccc(-n5c6ccccc6c6ccccc65)cc4)cc3)cc2)nc1. The lowest BCUT2D eigenvalue weighted by molar-refractivity contribution is 0.962. The second kappa shape index (κ2) is 12.6. The van der Waals surface area contributed by atoms with Gasteiger partial charge in [-0.25, -0.2) is 0 Å². The number of aromatic nitrogens is 3. The summed E-state index contributed by atoms with van der Waals surface area (Å²) < 4.78 is 4.77. The molecule has 3 aromatic heterocycles. The Labute approximate surface area is 302 Å². The highest BCUT2D eigenvalue weighted by Gasteiger charge is 2.14. The van der Waals surface area contributed by atoms with Crippen molar-refractivity contribution in [2.45, 2.75) is 12.8 Å². The largest absolute Gasteiger partial charge is 0.309 e. The molecule has 3 nitrogen and oxygen atoms in total. The summed E-state index contributed by atoms with van der Waals surface area (Å²) in [6, 6.07) is 65.9. The molecule has 0 saturated carbocycles. The van der Waals surface area contributed by atoms with Crippen LogP contribution < -0.4 is 0 Å². The highest BCUT2D eigenvalue weighted by Crippen LogP contribution is 2.35. The van der Waals surface area contributed by atoms with Crippen LogP contribution in [0.25, 0.3) is 77.4 Å². The van der Waals surface area contributed by atoms with E-state index in [0.29, 0.717) is 0 Å². The van der Waals surface area contributed by atoms with E-state index >= 15 is 0 Å². The standard InChI is InChI=1S/C49H35N3/c1-4-13-46-41(9-1)42-10-2-5-14-47(42)51(46)39-27-23-36(24-28-39)37-25-29-40(30-26-37)52-48-15-6-3-11-43(48)44-33-35(20-31-49(44)52)17-16-34-18-21-38(22-19-34)45-12-7-8-32-50-45/h1-15,18-33H,16-17H2. The highest BCUT2D eigenvalue weighted by atomic mass is 15.0. The number of nitrogens with zero attached hydrogens (tertiary/aromatic N) is 3. The summed E-state index contributed by atoms with van der Waals surface area (Å²) in [4.78, 5) is 4.49. The van der Waals surface area contributed by atoms with Gasteiger partial charge in [-0.1, -0.05) is 115 Å². The Bertz CT molecular complexity index is 2810. The number of fused-ring (bicyclic) bond motifs is 6. The maximum absolute atomic E-state index is 4.49. The zero-order valence-corrected chi connectivity index (χ0v) is 28.7. The summed E-state index contributed by atoms with van der Waals surface area (Å²) in [7, 11) is 0. The molecule has 52 heavy (non-hydrogen) atoms. The van der Waals surface area contributed by atoms with Crippen molar-refractivity contribution in [3.05, 3.63) is 199 Å². The van der Waals surface area contributed by atoms with E-state index in [1.807, 2.05) is 18.3 Å². The van der Waals surface area contributed by atoms with E-state index in [9.17, 15) is 0 Å². The van der Waals surface area contributed by atoms with Gasteiger partial charge in [0, 0.05) is 44.7 Å². The van der Waals surface area contributed by atoms with E-state index in [4.69, 9.17) is 0 Å². The lowest BCUT2D eigenvalue weighted by Gasteiger charge is -2.11. The van der Waals surface area contributed by atoms with Crippen LogP contribution in [0.3, 0.4) is 0 Å². The summed E-state index contributed by atoms with van der Waals surface area (Å²) in [5.41, 5.74) is 14.5. The molecule has 10 aromatic rings. The first-order valence-electron chi connectivity index (χ1n) is 18.0. The van der Waals surface area contributed by atoms with Crippen molar-refractivity contribution in [3.8, 4) is 33.8 Å². The fraction of sp³-hybridized carbons (Fsp3) is 0.0408. The number of aryl methyl sites for hydroxylation is 2. The van der Waals surface area contributed by atoms with Gasteiger partial charge in [-0.15, -0.1) is 0 Å². The van der Waals surface area contributed by atoms with Crippen molar-refractivity contribution in [2.24, 2.45) is 0 Å².